The number of carbonyl (C=O) groups is 1. The van der Waals surface area contributed by atoms with E-state index in [9.17, 15) is 18.0 Å². The van der Waals surface area contributed by atoms with Crippen LogP contribution in [0.25, 0.3) is 11.5 Å². The Kier molecular flexibility index (Phi) is 5.64. The Morgan fingerprint density at radius 3 is 2.65 bits per heavy atom. The summed E-state index contributed by atoms with van der Waals surface area (Å²) in [6.45, 7) is 0.635. The van der Waals surface area contributed by atoms with E-state index in [1.54, 1.807) is 5.32 Å². The van der Waals surface area contributed by atoms with Crippen LogP contribution in [0.2, 0.25) is 0 Å². The Labute approximate surface area is 134 Å². The minimum absolute atomic E-state index is 0.107. The Hall–Kier alpha value is -2.03. The van der Waals surface area contributed by atoms with Gasteiger partial charge in [-0.05, 0) is 19.1 Å². The molecular weight excluding hydrogens is 331 g/mol. The van der Waals surface area contributed by atoms with Crippen LogP contribution in [0.5, 0.6) is 0 Å². The number of nitrogens with zero attached hydrogens (tertiary/aromatic N) is 2. The van der Waals surface area contributed by atoms with Crippen LogP contribution < -0.4 is 5.32 Å². The van der Waals surface area contributed by atoms with Gasteiger partial charge in [-0.3, -0.25) is 4.79 Å². The number of aryl methyl sites for hydroxylation is 1. The molecule has 5 nitrogen and oxygen atoms in total. The van der Waals surface area contributed by atoms with Gasteiger partial charge in [-0.25, -0.2) is 0 Å². The minimum atomic E-state index is -4.41. The summed E-state index contributed by atoms with van der Waals surface area (Å²) in [5.74, 6) is 0.227. The highest BCUT2D eigenvalue weighted by molar-refractivity contribution is 7.99. The molecule has 0 aliphatic carbocycles. The first-order valence-electron chi connectivity index (χ1n) is 6.64. The largest absolute Gasteiger partial charge is 0.405 e. The van der Waals surface area contributed by atoms with E-state index in [-0.39, 0.29) is 11.5 Å². The molecule has 0 saturated carbocycles. The number of rotatable bonds is 6. The maximum absolute atomic E-state index is 11.9. The second kappa shape index (κ2) is 7.49. The maximum Gasteiger partial charge on any atom is 0.405 e. The molecule has 1 aromatic heterocycles. The van der Waals surface area contributed by atoms with Crippen molar-refractivity contribution in [3.05, 3.63) is 35.7 Å². The van der Waals surface area contributed by atoms with Crippen LogP contribution in [-0.4, -0.2) is 34.5 Å². The summed E-state index contributed by atoms with van der Waals surface area (Å²) in [6, 6.07) is 7.53. The highest BCUT2D eigenvalue weighted by Crippen LogP contribution is 2.19. The van der Waals surface area contributed by atoms with Crippen molar-refractivity contribution in [1.29, 1.82) is 0 Å². The van der Waals surface area contributed by atoms with Gasteiger partial charge in [0.25, 0.3) is 5.89 Å². The number of nitrogens with one attached hydrogen (secondary N) is 1. The molecule has 2 rings (SSSR count). The first-order valence-corrected chi connectivity index (χ1v) is 7.80. The number of alkyl halides is 3. The van der Waals surface area contributed by atoms with Crippen LogP contribution in [-0.2, 0) is 10.5 Å². The zero-order chi connectivity index (χ0) is 16.9. The first-order chi connectivity index (χ1) is 10.8. The summed E-state index contributed by atoms with van der Waals surface area (Å²) in [5, 5.41) is 5.57. The second-order valence-corrected chi connectivity index (χ2v) is 5.75. The van der Waals surface area contributed by atoms with Crippen molar-refractivity contribution in [3.8, 4) is 11.5 Å². The van der Waals surface area contributed by atoms with Crippen molar-refractivity contribution in [1.82, 2.24) is 15.5 Å². The van der Waals surface area contributed by atoms with E-state index in [2.05, 4.69) is 10.1 Å². The smallest absolute Gasteiger partial charge is 0.346 e. The molecule has 0 aliphatic rings. The standard InChI is InChI=1S/C14H14F3N3O2S/c1-9-2-4-10(5-3-9)13-19-11(20-22-13)6-23-7-12(21)18-8-14(15,16)17/h2-5H,6-8H2,1H3,(H,18,21). The van der Waals surface area contributed by atoms with Gasteiger partial charge in [0.15, 0.2) is 5.82 Å². The van der Waals surface area contributed by atoms with E-state index in [1.165, 1.54) is 0 Å². The molecule has 0 spiro atoms. The lowest BCUT2D eigenvalue weighted by Crippen LogP contribution is -2.34. The van der Waals surface area contributed by atoms with Crippen molar-refractivity contribution in [3.63, 3.8) is 0 Å². The molecule has 0 radical (unpaired) electrons. The molecule has 2 aromatic rings. The van der Waals surface area contributed by atoms with Gasteiger partial charge in [-0.2, -0.15) is 18.2 Å². The van der Waals surface area contributed by atoms with Gasteiger partial charge in [-0.1, -0.05) is 22.9 Å². The molecule has 0 saturated heterocycles. The molecular formula is C14H14F3N3O2S. The zero-order valence-electron chi connectivity index (χ0n) is 12.2. The van der Waals surface area contributed by atoms with Crippen molar-refractivity contribution in [2.45, 2.75) is 18.9 Å². The Balaban J connectivity index is 1.79. The van der Waals surface area contributed by atoms with Crippen LogP contribution in [0, 0.1) is 6.92 Å². The topological polar surface area (TPSA) is 68.0 Å². The van der Waals surface area contributed by atoms with E-state index in [0.29, 0.717) is 11.7 Å². The third kappa shape index (κ3) is 5.93. The highest BCUT2D eigenvalue weighted by Gasteiger charge is 2.27. The van der Waals surface area contributed by atoms with Gasteiger partial charge in [0.1, 0.15) is 6.54 Å². The number of amides is 1. The lowest BCUT2D eigenvalue weighted by atomic mass is 10.1. The maximum atomic E-state index is 11.9. The summed E-state index contributed by atoms with van der Waals surface area (Å²) in [7, 11) is 0. The molecule has 124 valence electrons. The van der Waals surface area contributed by atoms with Gasteiger partial charge >= 0.3 is 6.18 Å². The van der Waals surface area contributed by atoms with Gasteiger partial charge in [0, 0.05) is 5.56 Å². The summed E-state index contributed by atoms with van der Waals surface area (Å²) < 4.78 is 40.9. The molecule has 0 unspecified atom stereocenters. The molecule has 0 fully saturated rings. The van der Waals surface area contributed by atoms with Crippen molar-refractivity contribution < 1.29 is 22.5 Å². The average molecular weight is 345 g/mol. The van der Waals surface area contributed by atoms with Gasteiger partial charge in [-0.15, -0.1) is 11.8 Å². The van der Waals surface area contributed by atoms with E-state index in [4.69, 9.17) is 4.52 Å². The number of thioether (sulfide) groups is 1. The number of aromatic nitrogens is 2. The Morgan fingerprint density at radius 1 is 1.30 bits per heavy atom. The van der Waals surface area contributed by atoms with Crippen molar-refractivity contribution in [2.75, 3.05) is 12.3 Å². The Morgan fingerprint density at radius 2 is 2.00 bits per heavy atom. The van der Waals surface area contributed by atoms with Crippen LogP contribution >= 0.6 is 11.8 Å². The number of hydrogen-bond donors (Lipinski definition) is 1. The van der Waals surface area contributed by atoms with Crippen LogP contribution in [0.3, 0.4) is 0 Å². The van der Waals surface area contributed by atoms with E-state index in [1.807, 2.05) is 31.2 Å². The summed E-state index contributed by atoms with van der Waals surface area (Å²) >= 11 is 1.11. The first kappa shape index (κ1) is 17.3. The number of carbonyl (C=O) groups excluding carboxylic acids is 1. The van der Waals surface area contributed by atoms with Crippen molar-refractivity contribution >= 4 is 17.7 Å². The summed E-state index contributed by atoms with van der Waals surface area (Å²) in [5.41, 5.74) is 1.89. The SMILES string of the molecule is Cc1ccc(-c2nc(CSCC(=O)NCC(F)(F)F)no2)cc1. The van der Waals surface area contributed by atoms with Gasteiger partial charge in [0.2, 0.25) is 5.91 Å². The number of benzene rings is 1. The van der Waals surface area contributed by atoms with E-state index >= 15 is 0 Å². The van der Waals surface area contributed by atoms with Gasteiger partial charge in [0.05, 0.1) is 11.5 Å². The normalized spacial score (nSPS) is 11.5. The van der Waals surface area contributed by atoms with Crippen LogP contribution in [0.1, 0.15) is 11.4 Å². The fourth-order valence-electron chi connectivity index (χ4n) is 1.61. The molecule has 1 aromatic carbocycles. The molecule has 0 bridgehead atoms. The second-order valence-electron chi connectivity index (χ2n) is 4.77. The molecule has 0 aliphatic heterocycles. The number of halogens is 3. The molecule has 1 heterocycles. The fourth-order valence-corrected chi connectivity index (χ4v) is 2.30. The van der Waals surface area contributed by atoms with E-state index < -0.39 is 18.6 Å². The highest BCUT2D eigenvalue weighted by atomic mass is 32.2. The lowest BCUT2D eigenvalue weighted by Gasteiger charge is -2.07. The van der Waals surface area contributed by atoms with Gasteiger partial charge < -0.3 is 9.84 Å². The monoisotopic (exact) mass is 345 g/mol. The predicted octanol–water partition coefficient (Wildman–Crippen LogP) is 2.96. The molecule has 1 N–H and O–H groups in total. The molecule has 0 atom stereocenters. The van der Waals surface area contributed by atoms with Crippen molar-refractivity contribution in [2.24, 2.45) is 0 Å². The fraction of sp³-hybridized carbons (Fsp3) is 0.357. The lowest BCUT2D eigenvalue weighted by molar-refractivity contribution is -0.136. The Bertz CT molecular complexity index is 656. The average Bonchev–Trinajstić information content (AvgIpc) is 2.94. The summed E-state index contributed by atoms with van der Waals surface area (Å²) in [6.07, 6.45) is -4.41. The van der Waals surface area contributed by atoms with E-state index in [0.717, 1.165) is 22.9 Å². The molecule has 9 heteroatoms. The molecule has 23 heavy (non-hydrogen) atoms. The third-order valence-corrected chi connectivity index (χ3v) is 3.65. The zero-order valence-corrected chi connectivity index (χ0v) is 13.0. The van der Waals surface area contributed by atoms with Crippen LogP contribution in [0.15, 0.2) is 28.8 Å². The quantitative estimate of drug-likeness (QED) is 0.872. The minimum Gasteiger partial charge on any atom is -0.346 e. The molecule has 1 amide bonds. The summed E-state index contributed by atoms with van der Waals surface area (Å²) in [4.78, 5) is 15.4. The third-order valence-electron chi connectivity index (χ3n) is 2.72. The van der Waals surface area contributed by atoms with Crippen LogP contribution in [0.4, 0.5) is 13.2 Å². The predicted molar refractivity (Wildman–Crippen MR) is 79.7 cm³/mol. The number of hydrogen-bond acceptors (Lipinski definition) is 5.